The van der Waals surface area contributed by atoms with Gasteiger partial charge in [0, 0.05) is 45.7 Å². The average molecular weight is 371 g/mol. The Balaban J connectivity index is 1.47. The summed E-state index contributed by atoms with van der Waals surface area (Å²) in [5, 5.41) is 0. The molecule has 0 radical (unpaired) electrons. The summed E-state index contributed by atoms with van der Waals surface area (Å²) in [4.78, 5) is 16.4. The van der Waals surface area contributed by atoms with E-state index in [4.69, 9.17) is 4.74 Å². The second kappa shape index (κ2) is 9.13. The number of likely N-dealkylation sites (tertiary alicyclic amines) is 1. The van der Waals surface area contributed by atoms with Gasteiger partial charge in [0.05, 0.1) is 12.2 Å². The van der Waals surface area contributed by atoms with Crippen molar-refractivity contribution >= 4 is 5.78 Å². The predicted octanol–water partition coefficient (Wildman–Crippen LogP) is 3.10. The van der Waals surface area contributed by atoms with Crippen LogP contribution in [0.5, 0.6) is 0 Å². The van der Waals surface area contributed by atoms with Crippen molar-refractivity contribution in [3.05, 3.63) is 47.5 Å². The van der Waals surface area contributed by atoms with E-state index in [9.17, 15) is 4.79 Å². The van der Waals surface area contributed by atoms with Gasteiger partial charge in [-0.05, 0) is 44.2 Å². The summed E-state index contributed by atoms with van der Waals surface area (Å²) in [5.41, 5.74) is 3.74. The number of hydrogen-bond acceptors (Lipinski definition) is 4. The molecule has 1 aromatic carbocycles. The molecule has 4 heteroatoms. The molecule has 0 aliphatic carbocycles. The lowest BCUT2D eigenvalue weighted by atomic mass is 9.89. The Kier molecular flexibility index (Phi) is 6.85. The summed E-state index contributed by atoms with van der Waals surface area (Å²) in [6, 6.07) is 8.49. The SMILES string of the molecule is C=C(C)CN1CCOC2(CCN(CCc3cccc(CC(C)=O)c3)CC2)C1. The van der Waals surface area contributed by atoms with Gasteiger partial charge in [0.15, 0.2) is 0 Å². The van der Waals surface area contributed by atoms with Crippen molar-refractivity contribution in [2.45, 2.75) is 45.1 Å². The number of ketones is 1. The molecule has 2 saturated heterocycles. The summed E-state index contributed by atoms with van der Waals surface area (Å²) in [6.07, 6.45) is 3.81. The first kappa shape index (κ1) is 20.2. The van der Waals surface area contributed by atoms with E-state index in [1.165, 1.54) is 11.1 Å². The highest BCUT2D eigenvalue weighted by Gasteiger charge is 2.39. The van der Waals surface area contributed by atoms with Gasteiger partial charge in [-0.3, -0.25) is 9.69 Å². The van der Waals surface area contributed by atoms with Crippen LogP contribution in [0.25, 0.3) is 0 Å². The molecule has 0 atom stereocenters. The smallest absolute Gasteiger partial charge is 0.134 e. The number of carbonyl (C=O) groups is 1. The van der Waals surface area contributed by atoms with Gasteiger partial charge in [-0.2, -0.15) is 0 Å². The number of piperidine rings is 1. The zero-order valence-electron chi connectivity index (χ0n) is 17.0. The topological polar surface area (TPSA) is 32.8 Å². The number of morpholine rings is 1. The largest absolute Gasteiger partial charge is 0.372 e. The molecule has 0 unspecified atom stereocenters. The normalized spacial score (nSPS) is 20.7. The van der Waals surface area contributed by atoms with Gasteiger partial charge in [-0.1, -0.05) is 36.4 Å². The average Bonchev–Trinajstić information content (AvgIpc) is 2.61. The maximum Gasteiger partial charge on any atom is 0.134 e. The monoisotopic (exact) mass is 370 g/mol. The first-order chi connectivity index (χ1) is 12.9. The molecule has 0 N–H and O–H groups in total. The summed E-state index contributed by atoms with van der Waals surface area (Å²) in [6.45, 7) is 15.0. The van der Waals surface area contributed by atoms with Crippen LogP contribution in [-0.4, -0.2) is 67.1 Å². The summed E-state index contributed by atoms with van der Waals surface area (Å²) in [5.74, 6) is 0.224. The number of carbonyl (C=O) groups excluding carboxylic acids is 1. The molecule has 3 rings (SSSR count). The van der Waals surface area contributed by atoms with Crippen LogP contribution in [0.3, 0.4) is 0 Å². The third-order valence-electron chi connectivity index (χ3n) is 5.75. The molecule has 0 saturated carbocycles. The van der Waals surface area contributed by atoms with Crippen LogP contribution in [-0.2, 0) is 22.4 Å². The lowest BCUT2D eigenvalue weighted by molar-refractivity contribution is -0.133. The number of hydrogen-bond donors (Lipinski definition) is 0. The van der Waals surface area contributed by atoms with Gasteiger partial charge < -0.3 is 9.64 Å². The van der Waals surface area contributed by atoms with Crippen LogP contribution in [0.15, 0.2) is 36.4 Å². The maximum atomic E-state index is 11.3. The third kappa shape index (κ3) is 6.00. The number of rotatable bonds is 7. The molecular formula is C23H34N2O2. The van der Waals surface area contributed by atoms with E-state index in [1.54, 1.807) is 6.92 Å². The lowest BCUT2D eigenvalue weighted by Crippen LogP contribution is -2.57. The molecule has 0 aromatic heterocycles. The van der Waals surface area contributed by atoms with Crippen molar-refractivity contribution < 1.29 is 9.53 Å². The maximum absolute atomic E-state index is 11.3. The Hall–Kier alpha value is -1.49. The standard InChI is InChI=1S/C23H34N2O2/c1-19(2)17-25-13-14-27-23(18-25)8-11-24(12-9-23)10-7-21-5-4-6-22(16-21)15-20(3)26/h4-6,16H,1,7-15,17-18H2,2-3H3. The highest BCUT2D eigenvalue weighted by atomic mass is 16.5. The van der Waals surface area contributed by atoms with Crippen molar-refractivity contribution in [1.82, 2.24) is 9.80 Å². The molecule has 1 aromatic rings. The van der Waals surface area contributed by atoms with Gasteiger partial charge in [0.1, 0.15) is 5.78 Å². The number of Topliss-reactive ketones (excluding diaryl/α,β-unsaturated/α-hetero) is 1. The minimum atomic E-state index is 0.0472. The van der Waals surface area contributed by atoms with Crippen LogP contribution in [0.1, 0.15) is 37.8 Å². The Bertz CT molecular complexity index is 662. The minimum Gasteiger partial charge on any atom is -0.372 e. The number of ether oxygens (including phenoxy) is 1. The van der Waals surface area contributed by atoms with E-state index in [2.05, 4.69) is 41.5 Å². The number of benzene rings is 1. The summed E-state index contributed by atoms with van der Waals surface area (Å²) >= 11 is 0. The van der Waals surface area contributed by atoms with Crippen molar-refractivity contribution in [3.63, 3.8) is 0 Å². The van der Waals surface area contributed by atoms with E-state index in [1.807, 2.05) is 6.07 Å². The molecule has 0 amide bonds. The molecule has 27 heavy (non-hydrogen) atoms. The molecule has 2 fully saturated rings. The predicted molar refractivity (Wildman–Crippen MR) is 110 cm³/mol. The molecule has 1 spiro atoms. The minimum absolute atomic E-state index is 0.0472. The highest BCUT2D eigenvalue weighted by molar-refractivity contribution is 5.78. The first-order valence-electron chi connectivity index (χ1n) is 10.2. The molecule has 148 valence electrons. The van der Waals surface area contributed by atoms with Crippen LogP contribution in [0.2, 0.25) is 0 Å². The second-order valence-corrected chi connectivity index (χ2v) is 8.49. The first-order valence-corrected chi connectivity index (χ1v) is 10.2. The fraction of sp³-hybridized carbons (Fsp3) is 0.609. The molecule has 2 aliphatic rings. The Labute approximate surface area is 164 Å². The van der Waals surface area contributed by atoms with Gasteiger partial charge >= 0.3 is 0 Å². The van der Waals surface area contributed by atoms with E-state index in [0.717, 1.165) is 70.7 Å². The van der Waals surface area contributed by atoms with E-state index in [-0.39, 0.29) is 11.4 Å². The third-order valence-corrected chi connectivity index (χ3v) is 5.75. The highest BCUT2D eigenvalue weighted by Crippen LogP contribution is 2.30. The second-order valence-electron chi connectivity index (χ2n) is 8.49. The Morgan fingerprint density at radius 3 is 2.59 bits per heavy atom. The van der Waals surface area contributed by atoms with Gasteiger partial charge in [-0.15, -0.1) is 0 Å². The summed E-state index contributed by atoms with van der Waals surface area (Å²) in [7, 11) is 0. The molecule has 2 heterocycles. The van der Waals surface area contributed by atoms with Crippen molar-refractivity contribution in [2.24, 2.45) is 0 Å². The van der Waals surface area contributed by atoms with Crippen molar-refractivity contribution in [1.29, 1.82) is 0 Å². The van der Waals surface area contributed by atoms with Crippen molar-refractivity contribution in [3.8, 4) is 0 Å². The Morgan fingerprint density at radius 2 is 1.89 bits per heavy atom. The van der Waals surface area contributed by atoms with Crippen molar-refractivity contribution in [2.75, 3.05) is 45.9 Å². The molecule has 0 bridgehead atoms. The Morgan fingerprint density at radius 1 is 1.15 bits per heavy atom. The quantitative estimate of drug-likeness (QED) is 0.691. The van der Waals surface area contributed by atoms with Gasteiger partial charge in [-0.25, -0.2) is 0 Å². The molecule has 2 aliphatic heterocycles. The van der Waals surface area contributed by atoms with Crippen LogP contribution in [0.4, 0.5) is 0 Å². The van der Waals surface area contributed by atoms with Crippen LogP contribution >= 0.6 is 0 Å². The zero-order chi connectivity index (χ0) is 19.3. The molecular weight excluding hydrogens is 336 g/mol. The molecule has 4 nitrogen and oxygen atoms in total. The van der Waals surface area contributed by atoms with Crippen LogP contribution < -0.4 is 0 Å². The zero-order valence-corrected chi connectivity index (χ0v) is 17.0. The fourth-order valence-electron chi connectivity index (χ4n) is 4.40. The van der Waals surface area contributed by atoms with Crippen LogP contribution in [0, 0.1) is 0 Å². The fourth-order valence-corrected chi connectivity index (χ4v) is 4.40. The van der Waals surface area contributed by atoms with E-state index >= 15 is 0 Å². The summed E-state index contributed by atoms with van der Waals surface area (Å²) < 4.78 is 6.25. The lowest BCUT2D eigenvalue weighted by Gasteiger charge is -2.47. The van der Waals surface area contributed by atoms with Gasteiger partial charge in [0.25, 0.3) is 0 Å². The number of nitrogens with zero attached hydrogens (tertiary/aromatic N) is 2. The van der Waals surface area contributed by atoms with E-state index < -0.39 is 0 Å². The van der Waals surface area contributed by atoms with Gasteiger partial charge in [0.2, 0.25) is 0 Å². The van der Waals surface area contributed by atoms with E-state index in [0.29, 0.717) is 6.42 Å².